The SMILES string of the molecule is CCCCCCCC/C=C/CCCCCCCC(=O)Oc1ccccc1. The highest BCUT2D eigenvalue weighted by molar-refractivity contribution is 5.72. The van der Waals surface area contributed by atoms with Gasteiger partial charge in [0.05, 0.1) is 0 Å². The van der Waals surface area contributed by atoms with Crippen LogP contribution in [-0.2, 0) is 4.79 Å². The summed E-state index contributed by atoms with van der Waals surface area (Å²) < 4.78 is 5.29. The standard InChI is InChI=1S/C24H38O2/c1-2-3-4-5-6-7-8-9-10-11-12-13-14-15-19-22-24(25)26-23-20-17-16-18-21-23/h9-10,16-18,20-21H,2-8,11-15,19,22H2,1H3/b10-9+. The van der Waals surface area contributed by atoms with Crippen molar-refractivity contribution in [3.05, 3.63) is 42.5 Å². The van der Waals surface area contributed by atoms with Crippen molar-refractivity contribution in [3.63, 3.8) is 0 Å². The summed E-state index contributed by atoms with van der Waals surface area (Å²) in [4.78, 5) is 11.7. The molecule has 2 heteroatoms. The van der Waals surface area contributed by atoms with Crippen molar-refractivity contribution in [2.24, 2.45) is 0 Å². The second-order valence-corrected chi connectivity index (χ2v) is 7.12. The van der Waals surface area contributed by atoms with Gasteiger partial charge in [-0.25, -0.2) is 0 Å². The number of para-hydroxylation sites is 1. The second-order valence-electron chi connectivity index (χ2n) is 7.12. The molecule has 0 heterocycles. The maximum atomic E-state index is 11.7. The molecule has 0 saturated carbocycles. The number of esters is 1. The predicted octanol–water partition coefficient (Wildman–Crippen LogP) is 7.63. The lowest BCUT2D eigenvalue weighted by Crippen LogP contribution is -2.07. The molecule has 1 rings (SSSR count). The molecule has 0 saturated heterocycles. The maximum Gasteiger partial charge on any atom is 0.311 e. The minimum Gasteiger partial charge on any atom is -0.427 e. The van der Waals surface area contributed by atoms with Crippen LogP contribution >= 0.6 is 0 Å². The van der Waals surface area contributed by atoms with Crippen LogP contribution in [0.5, 0.6) is 5.75 Å². The van der Waals surface area contributed by atoms with E-state index in [1.54, 1.807) is 0 Å². The van der Waals surface area contributed by atoms with Crippen LogP contribution in [0.2, 0.25) is 0 Å². The van der Waals surface area contributed by atoms with E-state index in [1.165, 1.54) is 70.6 Å². The Balaban J connectivity index is 1.83. The Kier molecular flexibility index (Phi) is 14.6. The zero-order valence-corrected chi connectivity index (χ0v) is 16.8. The van der Waals surface area contributed by atoms with Crippen molar-refractivity contribution in [1.82, 2.24) is 0 Å². The van der Waals surface area contributed by atoms with Crippen LogP contribution in [0.25, 0.3) is 0 Å². The second kappa shape index (κ2) is 16.9. The fraction of sp³-hybridized carbons (Fsp3) is 0.625. The highest BCUT2D eigenvalue weighted by Crippen LogP contribution is 2.12. The molecule has 0 unspecified atom stereocenters. The number of hydrogen-bond donors (Lipinski definition) is 0. The number of benzene rings is 1. The molecule has 0 amide bonds. The van der Waals surface area contributed by atoms with Gasteiger partial charge in [0.25, 0.3) is 0 Å². The summed E-state index contributed by atoms with van der Waals surface area (Å²) in [7, 11) is 0. The number of ether oxygens (including phenoxy) is 1. The Morgan fingerprint density at radius 3 is 1.92 bits per heavy atom. The summed E-state index contributed by atoms with van der Waals surface area (Å²) >= 11 is 0. The molecule has 0 aromatic heterocycles. The molecule has 0 bridgehead atoms. The Morgan fingerprint density at radius 2 is 1.31 bits per heavy atom. The highest BCUT2D eigenvalue weighted by atomic mass is 16.5. The van der Waals surface area contributed by atoms with Gasteiger partial charge in [0, 0.05) is 6.42 Å². The van der Waals surface area contributed by atoms with Gasteiger partial charge in [-0.05, 0) is 44.2 Å². The molecule has 0 aliphatic heterocycles. The average molecular weight is 359 g/mol. The summed E-state index contributed by atoms with van der Waals surface area (Å²) in [5.41, 5.74) is 0. The van der Waals surface area contributed by atoms with Crippen molar-refractivity contribution in [3.8, 4) is 5.75 Å². The first kappa shape index (κ1) is 22.5. The lowest BCUT2D eigenvalue weighted by Gasteiger charge is -2.04. The van der Waals surface area contributed by atoms with Gasteiger partial charge >= 0.3 is 5.97 Å². The number of allylic oxidation sites excluding steroid dienone is 2. The quantitative estimate of drug-likeness (QED) is 0.131. The van der Waals surface area contributed by atoms with Crippen LogP contribution < -0.4 is 4.74 Å². The summed E-state index contributed by atoms with van der Waals surface area (Å²) in [6.07, 6.45) is 21.7. The van der Waals surface area contributed by atoms with E-state index in [9.17, 15) is 4.79 Å². The molecule has 0 fully saturated rings. The third kappa shape index (κ3) is 13.7. The fourth-order valence-corrected chi connectivity index (χ4v) is 3.01. The van der Waals surface area contributed by atoms with Gasteiger partial charge in [0.2, 0.25) is 0 Å². The summed E-state index contributed by atoms with van der Waals surface area (Å²) in [5.74, 6) is 0.527. The van der Waals surface area contributed by atoms with Gasteiger partial charge in [-0.1, -0.05) is 88.6 Å². The van der Waals surface area contributed by atoms with E-state index in [0.717, 1.165) is 12.8 Å². The van der Waals surface area contributed by atoms with Gasteiger partial charge in [-0.3, -0.25) is 4.79 Å². The van der Waals surface area contributed by atoms with Crippen molar-refractivity contribution in [2.75, 3.05) is 0 Å². The lowest BCUT2D eigenvalue weighted by atomic mass is 10.1. The molecular formula is C24H38O2. The first-order valence-electron chi connectivity index (χ1n) is 10.7. The fourth-order valence-electron chi connectivity index (χ4n) is 3.01. The molecule has 26 heavy (non-hydrogen) atoms. The molecule has 1 aromatic carbocycles. The first-order valence-corrected chi connectivity index (χ1v) is 10.7. The van der Waals surface area contributed by atoms with Crippen LogP contribution in [0.1, 0.15) is 96.8 Å². The van der Waals surface area contributed by atoms with Crippen LogP contribution in [0.4, 0.5) is 0 Å². The third-order valence-electron chi connectivity index (χ3n) is 4.62. The Labute approximate surface area is 161 Å². The van der Waals surface area contributed by atoms with Crippen LogP contribution in [0.3, 0.4) is 0 Å². The average Bonchev–Trinajstić information content (AvgIpc) is 2.65. The summed E-state index contributed by atoms with van der Waals surface area (Å²) in [5, 5.41) is 0. The van der Waals surface area contributed by atoms with Crippen LogP contribution in [-0.4, -0.2) is 5.97 Å². The van der Waals surface area contributed by atoms with E-state index in [0.29, 0.717) is 12.2 Å². The molecule has 1 aromatic rings. The third-order valence-corrected chi connectivity index (χ3v) is 4.62. The number of carbonyl (C=O) groups excluding carboxylic acids is 1. The van der Waals surface area contributed by atoms with Crippen molar-refractivity contribution < 1.29 is 9.53 Å². The Bertz CT molecular complexity index is 464. The number of carbonyl (C=O) groups is 1. The maximum absolute atomic E-state index is 11.7. The minimum absolute atomic E-state index is 0.117. The Morgan fingerprint density at radius 1 is 0.769 bits per heavy atom. The molecule has 0 spiro atoms. The summed E-state index contributed by atoms with van der Waals surface area (Å²) in [6, 6.07) is 9.31. The summed E-state index contributed by atoms with van der Waals surface area (Å²) in [6.45, 7) is 2.27. The number of unbranched alkanes of at least 4 members (excludes halogenated alkanes) is 11. The normalized spacial score (nSPS) is 11.1. The van der Waals surface area contributed by atoms with E-state index < -0.39 is 0 Å². The van der Waals surface area contributed by atoms with E-state index in [1.807, 2.05) is 30.3 Å². The zero-order valence-electron chi connectivity index (χ0n) is 16.8. The molecule has 0 radical (unpaired) electrons. The monoisotopic (exact) mass is 358 g/mol. The number of hydrogen-bond acceptors (Lipinski definition) is 2. The van der Waals surface area contributed by atoms with Gasteiger partial charge in [0.1, 0.15) is 5.75 Å². The van der Waals surface area contributed by atoms with Crippen molar-refractivity contribution in [2.45, 2.75) is 96.8 Å². The largest absolute Gasteiger partial charge is 0.427 e. The van der Waals surface area contributed by atoms with Gasteiger partial charge in [-0.2, -0.15) is 0 Å². The van der Waals surface area contributed by atoms with Crippen LogP contribution in [0.15, 0.2) is 42.5 Å². The molecule has 0 aliphatic carbocycles. The molecule has 0 aliphatic rings. The minimum atomic E-state index is -0.117. The predicted molar refractivity (Wildman–Crippen MR) is 112 cm³/mol. The first-order chi connectivity index (χ1) is 12.8. The highest BCUT2D eigenvalue weighted by Gasteiger charge is 2.03. The molecule has 0 atom stereocenters. The number of rotatable bonds is 16. The topological polar surface area (TPSA) is 26.3 Å². The van der Waals surface area contributed by atoms with Crippen molar-refractivity contribution >= 4 is 5.97 Å². The smallest absolute Gasteiger partial charge is 0.311 e. The van der Waals surface area contributed by atoms with E-state index in [4.69, 9.17) is 4.74 Å². The molecular weight excluding hydrogens is 320 g/mol. The molecule has 146 valence electrons. The van der Waals surface area contributed by atoms with Gasteiger partial charge < -0.3 is 4.74 Å². The zero-order chi connectivity index (χ0) is 18.7. The van der Waals surface area contributed by atoms with E-state index >= 15 is 0 Å². The molecule has 2 nitrogen and oxygen atoms in total. The van der Waals surface area contributed by atoms with Gasteiger partial charge in [-0.15, -0.1) is 0 Å². The lowest BCUT2D eigenvalue weighted by molar-refractivity contribution is -0.134. The van der Waals surface area contributed by atoms with E-state index in [-0.39, 0.29) is 5.97 Å². The van der Waals surface area contributed by atoms with E-state index in [2.05, 4.69) is 19.1 Å². The van der Waals surface area contributed by atoms with Gasteiger partial charge in [0.15, 0.2) is 0 Å². The Hall–Kier alpha value is -1.57. The van der Waals surface area contributed by atoms with Crippen molar-refractivity contribution in [1.29, 1.82) is 0 Å². The molecule has 0 N–H and O–H groups in total. The van der Waals surface area contributed by atoms with Crippen LogP contribution in [0, 0.1) is 0 Å².